The Morgan fingerprint density at radius 2 is 1.82 bits per heavy atom. The van der Waals surface area contributed by atoms with Crippen molar-refractivity contribution in [3.8, 4) is 11.5 Å². The van der Waals surface area contributed by atoms with Gasteiger partial charge in [-0.15, -0.1) is 0 Å². The topological polar surface area (TPSA) is 77.8 Å². The van der Waals surface area contributed by atoms with E-state index in [0.717, 1.165) is 0 Å². The van der Waals surface area contributed by atoms with Gasteiger partial charge in [0.15, 0.2) is 16.9 Å². The summed E-state index contributed by atoms with van der Waals surface area (Å²) in [5, 5.41) is 9.32. The molecule has 22 heavy (non-hydrogen) atoms. The fraction of sp³-hybridized carbons (Fsp3) is 0.375. The number of aryl methyl sites for hydroxylation is 1. The molecule has 0 radical (unpaired) electrons. The van der Waals surface area contributed by atoms with Gasteiger partial charge in [0.1, 0.15) is 0 Å². The number of hydrogen-bond acceptors (Lipinski definition) is 4. The van der Waals surface area contributed by atoms with Crippen molar-refractivity contribution >= 4 is 16.9 Å². The minimum atomic E-state index is -0.886. The summed E-state index contributed by atoms with van der Waals surface area (Å²) in [6, 6.07) is 4.82. The zero-order valence-electron chi connectivity index (χ0n) is 12.7. The first-order chi connectivity index (χ1) is 10.6. The Morgan fingerprint density at radius 3 is 2.41 bits per heavy atom. The molecule has 0 saturated carbocycles. The largest absolute Gasteiger partial charge is 0.490 e. The maximum atomic E-state index is 12.1. The average Bonchev–Trinajstić information content (AvgIpc) is 2.48. The number of rotatable bonds is 7. The molecule has 2 rings (SSSR count). The van der Waals surface area contributed by atoms with E-state index in [1.807, 2.05) is 13.8 Å². The first kappa shape index (κ1) is 15.9. The number of ether oxygens (including phenoxy) is 2. The highest BCUT2D eigenvalue weighted by Gasteiger charge is 2.12. The van der Waals surface area contributed by atoms with E-state index < -0.39 is 5.97 Å². The molecule has 2 aromatic rings. The smallest absolute Gasteiger partial charge is 0.305 e. The van der Waals surface area contributed by atoms with Crippen LogP contribution in [0.3, 0.4) is 0 Å². The number of aromatic nitrogens is 1. The fourth-order valence-corrected chi connectivity index (χ4v) is 2.26. The molecule has 0 unspecified atom stereocenters. The van der Waals surface area contributed by atoms with Gasteiger partial charge in [0.05, 0.1) is 25.2 Å². The monoisotopic (exact) mass is 305 g/mol. The summed E-state index contributed by atoms with van der Waals surface area (Å²) in [5.41, 5.74) is 0.506. The van der Waals surface area contributed by atoms with Gasteiger partial charge in [-0.1, -0.05) is 0 Å². The Kier molecular flexibility index (Phi) is 5.04. The first-order valence-corrected chi connectivity index (χ1v) is 7.21. The SMILES string of the molecule is CCOc1cc2c(=O)ccn(CCC(=O)O)c2cc1OCC. The summed E-state index contributed by atoms with van der Waals surface area (Å²) in [6.07, 6.45) is 1.58. The van der Waals surface area contributed by atoms with Crippen molar-refractivity contribution < 1.29 is 19.4 Å². The summed E-state index contributed by atoms with van der Waals surface area (Å²) in [6.45, 7) is 4.94. The quantitative estimate of drug-likeness (QED) is 0.849. The molecule has 6 nitrogen and oxygen atoms in total. The number of fused-ring (bicyclic) bond motifs is 1. The highest BCUT2D eigenvalue weighted by Crippen LogP contribution is 2.31. The predicted molar refractivity (Wildman–Crippen MR) is 82.8 cm³/mol. The molecule has 1 N–H and O–H groups in total. The maximum Gasteiger partial charge on any atom is 0.305 e. The van der Waals surface area contributed by atoms with Crippen LogP contribution in [0.15, 0.2) is 29.2 Å². The van der Waals surface area contributed by atoms with Gasteiger partial charge in [-0.3, -0.25) is 9.59 Å². The molecule has 0 spiro atoms. The zero-order chi connectivity index (χ0) is 16.1. The molecule has 0 aliphatic carbocycles. The molecule has 0 amide bonds. The third kappa shape index (κ3) is 3.39. The van der Waals surface area contributed by atoms with Gasteiger partial charge in [-0.25, -0.2) is 0 Å². The molecule has 0 atom stereocenters. The normalized spacial score (nSPS) is 10.6. The average molecular weight is 305 g/mol. The molecule has 0 aliphatic heterocycles. The molecule has 0 bridgehead atoms. The summed E-state index contributed by atoms with van der Waals surface area (Å²) >= 11 is 0. The number of carboxylic acid groups (broad SMARTS) is 1. The molecule has 0 saturated heterocycles. The number of nitrogens with zero attached hydrogens (tertiary/aromatic N) is 1. The van der Waals surface area contributed by atoms with Crippen molar-refractivity contribution in [3.05, 3.63) is 34.6 Å². The van der Waals surface area contributed by atoms with Crippen LogP contribution in [-0.4, -0.2) is 28.9 Å². The molecule has 0 aliphatic rings. The van der Waals surface area contributed by atoms with Crippen molar-refractivity contribution in [2.45, 2.75) is 26.8 Å². The van der Waals surface area contributed by atoms with E-state index in [4.69, 9.17) is 14.6 Å². The van der Waals surface area contributed by atoms with Crippen molar-refractivity contribution in [3.63, 3.8) is 0 Å². The van der Waals surface area contributed by atoms with Gasteiger partial charge in [-0.05, 0) is 19.9 Å². The number of hydrogen-bond donors (Lipinski definition) is 1. The van der Waals surface area contributed by atoms with Crippen molar-refractivity contribution in [2.24, 2.45) is 0 Å². The van der Waals surface area contributed by atoms with E-state index in [0.29, 0.717) is 35.6 Å². The Balaban J connectivity index is 2.59. The van der Waals surface area contributed by atoms with Gasteiger partial charge < -0.3 is 19.1 Å². The molecular formula is C16H19NO5. The highest BCUT2D eigenvalue weighted by atomic mass is 16.5. The van der Waals surface area contributed by atoms with Gasteiger partial charge in [0.25, 0.3) is 0 Å². The van der Waals surface area contributed by atoms with Gasteiger partial charge >= 0.3 is 5.97 Å². The number of carboxylic acids is 1. The Bertz CT molecular complexity index is 735. The third-order valence-corrected chi connectivity index (χ3v) is 3.21. The van der Waals surface area contributed by atoms with Crippen molar-refractivity contribution in [1.82, 2.24) is 4.57 Å². The van der Waals surface area contributed by atoms with Gasteiger partial charge in [-0.2, -0.15) is 0 Å². The van der Waals surface area contributed by atoms with Crippen LogP contribution >= 0.6 is 0 Å². The van der Waals surface area contributed by atoms with Crippen LogP contribution in [0.4, 0.5) is 0 Å². The lowest BCUT2D eigenvalue weighted by atomic mass is 10.1. The first-order valence-electron chi connectivity index (χ1n) is 7.21. The van der Waals surface area contributed by atoms with Crippen LogP contribution in [0.25, 0.3) is 10.9 Å². The lowest BCUT2D eigenvalue weighted by molar-refractivity contribution is -0.137. The van der Waals surface area contributed by atoms with E-state index in [1.54, 1.807) is 22.9 Å². The minimum absolute atomic E-state index is 0.0187. The zero-order valence-corrected chi connectivity index (χ0v) is 12.7. The van der Waals surface area contributed by atoms with Crippen LogP contribution in [0.2, 0.25) is 0 Å². The predicted octanol–water partition coefficient (Wildman–Crippen LogP) is 2.27. The number of aliphatic carboxylic acids is 1. The van der Waals surface area contributed by atoms with E-state index in [-0.39, 0.29) is 18.4 Å². The Morgan fingerprint density at radius 1 is 1.18 bits per heavy atom. The molecule has 6 heteroatoms. The molecule has 0 fully saturated rings. The van der Waals surface area contributed by atoms with Crippen LogP contribution in [0.1, 0.15) is 20.3 Å². The number of benzene rings is 1. The second-order valence-electron chi connectivity index (χ2n) is 4.70. The van der Waals surface area contributed by atoms with E-state index in [9.17, 15) is 9.59 Å². The minimum Gasteiger partial charge on any atom is -0.490 e. The molecule has 1 aromatic carbocycles. The standard InChI is InChI=1S/C16H19NO5/c1-3-21-14-9-11-12(10-15(14)22-4-2)17(7-5-13(11)18)8-6-16(19)20/h5,7,9-10H,3-4,6,8H2,1-2H3,(H,19,20). The van der Waals surface area contributed by atoms with Gasteiger partial charge in [0, 0.05) is 30.3 Å². The number of pyridine rings is 1. The number of carbonyl (C=O) groups is 1. The molecule has 118 valence electrons. The Labute approximate surface area is 127 Å². The van der Waals surface area contributed by atoms with Crippen LogP contribution in [0, 0.1) is 0 Å². The highest BCUT2D eigenvalue weighted by molar-refractivity contribution is 5.83. The van der Waals surface area contributed by atoms with Crippen LogP contribution < -0.4 is 14.9 Å². The summed E-state index contributed by atoms with van der Waals surface area (Å²) < 4.78 is 12.8. The summed E-state index contributed by atoms with van der Waals surface area (Å²) in [7, 11) is 0. The van der Waals surface area contributed by atoms with E-state index >= 15 is 0 Å². The van der Waals surface area contributed by atoms with E-state index in [2.05, 4.69) is 0 Å². The second kappa shape index (κ2) is 6.98. The van der Waals surface area contributed by atoms with Crippen molar-refractivity contribution in [1.29, 1.82) is 0 Å². The fourth-order valence-electron chi connectivity index (χ4n) is 2.26. The molecule has 1 aromatic heterocycles. The van der Waals surface area contributed by atoms with Gasteiger partial charge in [0.2, 0.25) is 0 Å². The lowest BCUT2D eigenvalue weighted by Gasteiger charge is -2.15. The summed E-state index contributed by atoms with van der Waals surface area (Å²) in [4.78, 5) is 22.8. The van der Waals surface area contributed by atoms with E-state index in [1.165, 1.54) is 6.07 Å². The lowest BCUT2D eigenvalue weighted by Crippen LogP contribution is -2.11. The van der Waals surface area contributed by atoms with Crippen molar-refractivity contribution in [2.75, 3.05) is 13.2 Å². The Hall–Kier alpha value is -2.50. The molecular weight excluding hydrogens is 286 g/mol. The molecule has 1 heterocycles. The summed E-state index contributed by atoms with van der Waals surface area (Å²) in [5.74, 6) is 0.180. The third-order valence-electron chi connectivity index (χ3n) is 3.21. The maximum absolute atomic E-state index is 12.1. The van der Waals surface area contributed by atoms with Crippen LogP contribution in [0.5, 0.6) is 11.5 Å². The second-order valence-corrected chi connectivity index (χ2v) is 4.70. The van der Waals surface area contributed by atoms with Crippen LogP contribution in [-0.2, 0) is 11.3 Å².